The van der Waals surface area contributed by atoms with Gasteiger partial charge in [-0.3, -0.25) is 0 Å². The van der Waals surface area contributed by atoms with Gasteiger partial charge in [0.25, 0.3) is 0 Å². The number of hydrogen-bond donors (Lipinski definition) is 1. The number of aryl methyl sites for hydroxylation is 2. The molecular weight excluding hydrogens is 262 g/mol. The lowest BCUT2D eigenvalue weighted by Crippen LogP contribution is -2.38. The van der Waals surface area contributed by atoms with Gasteiger partial charge in [0, 0.05) is 13.0 Å². The van der Waals surface area contributed by atoms with Gasteiger partial charge in [0.15, 0.2) is 0 Å². The molecule has 0 aromatic heterocycles. The second-order valence-corrected chi connectivity index (χ2v) is 6.52. The number of piperidine rings is 1. The molecule has 1 N–H and O–H groups in total. The maximum atomic E-state index is 10.1. The topological polar surface area (TPSA) is 32.7 Å². The first-order valence-corrected chi connectivity index (χ1v) is 8.15. The molecule has 2 rings (SSSR count). The van der Waals surface area contributed by atoms with Crippen molar-refractivity contribution in [3.05, 3.63) is 29.3 Å². The number of rotatable bonds is 6. The third-order valence-corrected chi connectivity index (χ3v) is 4.54. The zero-order valence-electron chi connectivity index (χ0n) is 13.6. The molecule has 1 aliphatic rings. The lowest BCUT2D eigenvalue weighted by atomic mass is 9.99. The van der Waals surface area contributed by atoms with Crippen LogP contribution in [0.25, 0.3) is 0 Å². The molecule has 0 radical (unpaired) electrons. The molecule has 118 valence electrons. The van der Waals surface area contributed by atoms with Crippen LogP contribution in [0, 0.1) is 19.8 Å². The Labute approximate surface area is 128 Å². The first-order valence-electron chi connectivity index (χ1n) is 8.15. The van der Waals surface area contributed by atoms with E-state index >= 15 is 0 Å². The van der Waals surface area contributed by atoms with Crippen molar-refractivity contribution < 1.29 is 9.84 Å². The molecule has 1 aromatic carbocycles. The first-order chi connectivity index (χ1) is 10.0. The van der Waals surface area contributed by atoms with Crippen molar-refractivity contribution in [2.75, 3.05) is 26.2 Å². The normalized spacial score (nSPS) is 18.7. The van der Waals surface area contributed by atoms with E-state index in [1.807, 2.05) is 6.07 Å². The van der Waals surface area contributed by atoms with Crippen LogP contribution in [0.3, 0.4) is 0 Å². The van der Waals surface area contributed by atoms with E-state index < -0.39 is 0 Å². The van der Waals surface area contributed by atoms with E-state index in [0.29, 0.717) is 13.0 Å². The molecule has 0 saturated carbocycles. The Hall–Kier alpha value is -1.06. The summed E-state index contributed by atoms with van der Waals surface area (Å²) < 4.78 is 5.74. The minimum absolute atomic E-state index is 0.287. The Kier molecular flexibility index (Phi) is 6.07. The second kappa shape index (κ2) is 7.81. The zero-order valence-corrected chi connectivity index (χ0v) is 13.6. The molecule has 3 heteroatoms. The van der Waals surface area contributed by atoms with E-state index in [1.165, 1.54) is 24.0 Å². The predicted molar refractivity (Wildman–Crippen MR) is 86.9 cm³/mol. The highest BCUT2D eigenvalue weighted by Crippen LogP contribution is 2.18. The second-order valence-electron chi connectivity index (χ2n) is 6.52. The largest absolute Gasteiger partial charge is 0.493 e. The first kappa shape index (κ1) is 16.3. The van der Waals surface area contributed by atoms with E-state index in [0.717, 1.165) is 31.3 Å². The van der Waals surface area contributed by atoms with E-state index in [-0.39, 0.29) is 6.10 Å². The van der Waals surface area contributed by atoms with Crippen LogP contribution in [0.5, 0.6) is 5.75 Å². The molecule has 0 bridgehead atoms. The van der Waals surface area contributed by atoms with Crippen molar-refractivity contribution in [1.29, 1.82) is 0 Å². The Morgan fingerprint density at radius 3 is 2.62 bits per heavy atom. The molecule has 0 amide bonds. The minimum atomic E-state index is -0.287. The molecular formula is C18H29NO2. The van der Waals surface area contributed by atoms with E-state index in [4.69, 9.17) is 4.74 Å². The molecule has 1 aliphatic heterocycles. The molecule has 1 fully saturated rings. The predicted octanol–water partition coefficient (Wildman–Crippen LogP) is 3.17. The van der Waals surface area contributed by atoms with Crippen LogP contribution in [0.1, 0.15) is 37.3 Å². The van der Waals surface area contributed by atoms with Crippen LogP contribution < -0.4 is 4.74 Å². The molecule has 21 heavy (non-hydrogen) atoms. The summed E-state index contributed by atoms with van der Waals surface area (Å²) in [7, 11) is 0. The number of aliphatic hydroxyl groups is 1. The van der Waals surface area contributed by atoms with Crippen molar-refractivity contribution in [2.45, 2.75) is 46.1 Å². The fraction of sp³-hybridized carbons (Fsp3) is 0.667. The highest BCUT2D eigenvalue weighted by Gasteiger charge is 2.18. The summed E-state index contributed by atoms with van der Waals surface area (Å²) in [5, 5.41) is 10.1. The van der Waals surface area contributed by atoms with Crippen molar-refractivity contribution in [2.24, 2.45) is 5.92 Å². The molecule has 1 atom stereocenters. The quantitative estimate of drug-likeness (QED) is 0.874. The summed E-state index contributed by atoms with van der Waals surface area (Å²) in [4.78, 5) is 2.38. The zero-order chi connectivity index (χ0) is 15.2. The number of likely N-dealkylation sites (tertiary alicyclic amines) is 1. The summed E-state index contributed by atoms with van der Waals surface area (Å²) in [6, 6.07) is 6.14. The third-order valence-electron chi connectivity index (χ3n) is 4.54. The molecule has 0 spiro atoms. The SMILES string of the molecule is Cc1ccc(OCC[C@H](O)CN2CCC(C)CC2)cc1C. The maximum absolute atomic E-state index is 10.1. The van der Waals surface area contributed by atoms with Crippen LogP contribution in [0.4, 0.5) is 0 Å². The number of hydrogen-bond acceptors (Lipinski definition) is 3. The summed E-state index contributed by atoms with van der Waals surface area (Å²) in [6.07, 6.45) is 2.92. The lowest BCUT2D eigenvalue weighted by Gasteiger charge is -2.31. The van der Waals surface area contributed by atoms with Gasteiger partial charge in [0.1, 0.15) is 5.75 Å². The molecule has 1 heterocycles. The minimum Gasteiger partial charge on any atom is -0.493 e. The number of β-amino-alcohol motifs (C(OH)–C–C–N with tert-alkyl or cyclic N) is 1. The van der Waals surface area contributed by atoms with Gasteiger partial charge in [-0.05, 0) is 69.0 Å². The van der Waals surface area contributed by atoms with E-state index in [1.54, 1.807) is 0 Å². The van der Waals surface area contributed by atoms with Gasteiger partial charge in [-0.25, -0.2) is 0 Å². The fourth-order valence-corrected chi connectivity index (χ4v) is 2.75. The molecule has 0 aliphatic carbocycles. The lowest BCUT2D eigenvalue weighted by molar-refractivity contribution is 0.0754. The van der Waals surface area contributed by atoms with Gasteiger partial charge in [0.2, 0.25) is 0 Å². The summed E-state index contributed by atoms with van der Waals surface area (Å²) in [6.45, 7) is 10.1. The monoisotopic (exact) mass is 291 g/mol. The van der Waals surface area contributed by atoms with Crippen molar-refractivity contribution in [1.82, 2.24) is 4.90 Å². The third kappa shape index (κ3) is 5.33. The average molecular weight is 291 g/mol. The molecule has 1 saturated heterocycles. The molecule has 0 unspecified atom stereocenters. The highest BCUT2D eigenvalue weighted by molar-refractivity contribution is 5.33. The van der Waals surface area contributed by atoms with Gasteiger partial charge in [-0.15, -0.1) is 0 Å². The maximum Gasteiger partial charge on any atom is 0.119 e. The van der Waals surface area contributed by atoms with Gasteiger partial charge >= 0.3 is 0 Å². The summed E-state index contributed by atoms with van der Waals surface area (Å²) >= 11 is 0. The van der Waals surface area contributed by atoms with Crippen molar-refractivity contribution in [3.8, 4) is 5.75 Å². The number of ether oxygens (including phenoxy) is 1. The molecule has 1 aromatic rings. The summed E-state index contributed by atoms with van der Waals surface area (Å²) in [5.41, 5.74) is 2.53. The van der Waals surface area contributed by atoms with Crippen LogP contribution in [0.15, 0.2) is 18.2 Å². The fourth-order valence-electron chi connectivity index (χ4n) is 2.75. The van der Waals surface area contributed by atoms with Gasteiger partial charge < -0.3 is 14.7 Å². The number of aliphatic hydroxyl groups excluding tert-OH is 1. The Bertz CT molecular complexity index is 439. The highest BCUT2D eigenvalue weighted by atomic mass is 16.5. The van der Waals surface area contributed by atoms with Crippen LogP contribution in [-0.4, -0.2) is 42.4 Å². The number of nitrogens with zero attached hydrogens (tertiary/aromatic N) is 1. The van der Waals surface area contributed by atoms with Crippen molar-refractivity contribution in [3.63, 3.8) is 0 Å². The van der Waals surface area contributed by atoms with E-state index in [2.05, 4.69) is 37.8 Å². The Morgan fingerprint density at radius 2 is 1.95 bits per heavy atom. The Balaban J connectivity index is 1.66. The summed E-state index contributed by atoms with van der Waals surface area (Å²) in [5.74, 6) is 1.74. The average Bonchev–Trinajstić information content (AvgIpc) is 2.45. The smallest absolute Gasteiger partial charge is 0.119 e. The Morgan fingerprint density at radius 1 is 1.24 bits per heavy atom. The van der Waals surface area contributed by atoms with Crippen LogP contribution in [-0.2, 0) is 0 Å². The number of benzene rings is 1. The van der Waals surface area contributed by atoms with Crippen molar-refractivity contribution >= 4 is 0 Å². The van der Waals surface area contributed by atoms with E-state index in [9.17, 15) is 5.11 Å². The molecule has 3 nitrogen and oxygen atoms in total. The van der Waals surface area contributed by atoms with Crippen LogP contribution >= 0.6 is 0 Å². The van der Waals surface area contributed by atoms with Gasteiger partial charge in [0.05, 0.1) is 12.7 Å². The van der Waals surface area contributed by atoms with Crippen LogP contribution in [0.2, 0.25) is 0 Å². The van der Waals surface area contributed by atoms with Gasteiger partial charge in [-0.2, -0.15) is 0 Å². The standard InChI is InChI=1S/C18H29NO2/c1-14-6-9-19(10-7-14)13-17(20)8-11-21-18-5-4-15(2)16(3)12-18/h4-5,12,14,17,20H,6-11,13H2,1-3H3/t17-/m0/s1. The van der Waals surface area contributed by atoms with Gasteiger partial charge in [-0.1, -0.05) is 13.0 Å².